The summed E-state index contributed by atoms with van der Waals surface area (Å²) >= 11 is 3.07. The first kappa shape index (κ1) is 19.5. The number of thiazole rings is 1. The van der Waals surface area contributed by atoms with Crippen LogP contribution >= 0.6 is 22.7 Å². The van der Waals surface area contributed by atoms with E-state index >= 15 is 0 Å². The van der Waals surface area contributed by atoms with E-state index in [-0.39, 0.29) is 6.42 Å². The number of ether oxygens (including phenoxy) is 1. The molecule has 6 nitrogen and oxygen atoms in total. The van der Waals surface area contributed by atoms with Gasteiger partial charge < -0.3 is 10.1 Å². The number of thiophene rings is 1. The number of nitrogens with one attached hydrogen (secondary N) is 1. The summed E-state index contributed by atoms with van der Waals surface area (Å²) < 4.78 is 5.25. The summed E-state index contributed by atoms with van der Waals surface area (Å²) in [6.45, 7) is 1.53. The van der Waals surface area contributed by atoms with Crippen LogP contribution < -0.4 is 5.32 Å². The predicted molar refractivity (Wildman–Crippen MR) is 104 cm³/mol. The topological polar surface area (TPSA) is 92.1 Å². The van der Waals surface area contributed by atoms with Gasteiger partial charge in [0.2, 0.25) is 0 Å². The number of rotatable bonds is 6. The first-order chi connectivity index (χ1) is 13.0. The Morgan fingerprint density at radius 1 is 1.37 bits per heavy atom. The van der Waals surface area contributed by atoms with Crippen LogP contribution in [0.15, 0.2) is 22.2 Å². The SMILES string of the molecule is C[C@H](OC(=O)Cc1csc(-c2ccsc2)n1)C(=O)NC1(C#N)CCCCC1. The Bertz CT molecular complexity index is 833. The van der Waals surface area contributed by atoms with Gasteiger partial charge in [-0.05, 0) is 31.2 Å². The Morgan fingerprint density at radius 2 is 2.15 bits per heavy atom. The van der Waals surface area contributed by atoms with Crippen LogP contribution in [-0.4, -0.2) is 28.5 Å². The Kier molecular flexibility index (Phi) is 6.24. The minimum Gasteiger partial charge on any atom is -0.452 e. The summed E-state index contributed by atoms with van der Waals surface area (Å²) in [5.41, 5.74) is 0.826. The van der Waals surface area contributed by atoms with Crippen molar-refractivity contribution in [2.24, 2.45) is 0 Å². The summed E-state index contributed by atoms with van der Waals surface area (Å²) in [4.78, 5) is 29.0. The van der Waals surface area contributed by atoms with E-state index < -0.39 is 23.5 Å². The highest BCUT2D eigenvalue weighted by molar-refractivity contribution is 7.14. The maximum absolute atomic E-state index is 12.4. The van der Waals surface area contributed by atoms with Gasteiger partial charge in [0.05, 0.1) is 18.2 Å². The van der Waals surface area contributed by atoms with Crippen molar-refractivity contribution in [2.45, 2.75) is 57.1 Å². The van der Waals surface area contributed by atoms with E-state index in [4.69, 9.17) is 4.74 Å². The van der Waals surface area contributed by atoms with Crippen molar-refractivity contribution in [3.05, 3.63) is 27.9 Å². The third-order valence-corrected chi connectivity index (χ3v) is 6.23. The molecule has 3 rings (SSSR count). The van der Waals surface area contributed by atoms with Crippen molar-refractivity contribution in [3.8, 4) is 16.6 Å². The molecule has 27 heavy (non-hydrogen) atoms. The van der Waals surface area contributed by atoms with Gasteiger partial charge in [-0.1, -0.05) is 19.3 Å². The van der Waals surface area contributed by atoms with Crippen LogP contribution in [0.25, 0.3) is 10.6 Å². The van der Waals surface area contributed by atoms with Crippen LogP contribution in [0.3, 0.4) is 0 Å². The van der Waals surface area contributed by atoms with E-state index in [1.165, 1.54) is 18.3 Å². The van der Waals surface area contributed by atoms with Crippen molar-refractivity contribution in [1.82, 2.24) is 10.3 Å². The van der Waals surface area contributed by atoms with Gasteiger partial charge in [0, 0.05) is 16.3 Å². The van der Waals surface area contributed by atoms with Crippen LogP contribution in [0, 0.1) is 11.3 Å². The fraction of sp³-hybridized carbons (Fsp3) is 0.474. The van der Waals surface area contributed by atoms with Gasteiger partial charge in [-0.3, -0.25) is 9.59 Å². The van der Waals surface area contributed by atoms with E-state index in [1.54, 1.807) is 11.3 Å². The summed E-state index contributed by atoms with van der Waals surface area (Å²) in [7, 11) is 0. The largest absolute Gasteiger partial charge is 0.452 e. The molecule has 1 fully saturated rings. The average molecular weight is 404 g/mol. The Labute approximate surface area is 166 Å². The van der Waals surface area contributed by atoms with E-state index in [0.29, 0.717) is 18.5 Å². The van der Waals surface area contributed by atoms with E-state index in [1.807, 2.05) is 22.2 Å². The molecule has 142 valence electrons. The third-order valence-electron chi connectivity index (χ3n) is 4.61. The monoisotopic (exact) mass is 403 g/mol. The number of aromatic nitrogens is 1. The number of carbonyl (C=O) groups excluding carboxylic acids is 2. The average Bonchev–Trinajstić information content (AvgIpc) is 3.34. The van der Waals surface area contributed by atoms with Crippen LogP contribution in [0.5, 0.6) is 0 Å². The molecule has 2 aromatic rings. The molecule has 2 aromatic heterocycles. The maximum Gasteiger partial charge on any atom is 0.312 e. The molecule has 0 unspecified atom stereocenters. The second-order valence-electron chi connectivity index (χ2n) is 6.71. The zero-order chi connectivity index (χ0) is 19.3. The molecule has 0 spiro atoms. The predicted octanol–water partition coefficient (Wildman–Crippen LogP) is 3.69. The molecular weight excluding hydrogens is 382 g/mol. The van der Waals surface area contributed by atoms with Gasteiger partial charge in [-0.2, -0.15) is 16.6 Å². The van der Waals surface area contributed by atoms with E-state index in [0.717, 1.165) is 29.8 Å². The fourth-order valence-electron chi connectivity index (χ4n) is 3.10. The van der Waals surface area contributed by atoms with E-state index in [2.05, 4.69) is 16.4 Å². The second-order valence-corrected chi connectivity index (χ2v) is 8.35. The number of esters is 1. The number of hydrogen-bond donors (Lipinski definition) is 1. The highest BCUT2D eigenvalue weighted by Crippen LogP contribution is 2.28. The molecule has 0 aromatic carbocycles. The van der Waals surface area contributed by atoms with Crippen molar-refractivity contribution >= 4 is 34.6 Å². The lowest BCUT2D eigenvalue weighted by atomic mass is 9.83. The standard InChI is InChI=1S/C19H21N3O3S2/c1-13(17(24)22-19(12-20)6-3-2-4-7-19)25-16(23)9-15-11-27-18(21-15)14-5-8-26-10-14/h5,8,10-11,13H,2-4,6-7,9H2,1H3,(H,22,24)/t13-/m0/s1. The minimum absolute atomic E-state index is 0.0155. The summed E-state index contributed by atoms with van der Waals surface area (Å²) in [6, 6.07) is 4.21. The van der Waals surface area contributed by atoms with Crippen LogP contribution in [-0.2, 0) is 20.7 Å². The van der Waals surface area contributed by atoms with Gasteiger partial charge in [0.1, 0.15) is 10.5 Å². The molecule has 1 saturated carbocycles. The molecular formula is C19H21N3O3S2. The molecule has 0 aliphatic heterocycles. The summed E-state index contributed by atoms with van der Waals surface area (Å²) in [6.07, 6.45) is 3.25. The molecule has 1 N–H and O–H groups in total. The van der Waals surface area contributed by atoms with Gasteiger partial charge >= 0.3 is 5.97 Å². The van der Waals surface area contributed by atoms with Gasteiger partial charge in [-0.25, -0.2) is 4.98 Å². The molecule has 8 heteroatoms. The molecule has 1 amide bonds. The molecule has 0 radical (unpaired) electrons. The van der Waals surface area contributed by atoms with Crippen LogP contribution in [0.4, 0.5) is 0 Å². The lowest BCUT2D eigenvalue weighted by Gasteiger charge is -2.32. The van der Waals surface area contributed by atoms with Crippen LogP contribution in [0.1, 0.15) is 44.7 Å². The van der Waals surface area contributed by atoms with E-state index in [9.17, 15) is 14.9 Å². The first-order valence-corrected chi connectivity index (χ1v) is 10.7. The van der Waals surface area contributed by atoms with Crippen molar-refractivity contribution in [2.75, 3.05) is 0 Å². The Morgan fingerprint density at radius 3 is 2.81 bits per heavy atom. The minimum atomic E-state index is -0.945. The zero-order valence-electron chi connectivity index (χ0n) is 15.1. The lowest BCUT2D eigenvalue weighted by Crippen LogP contribution is -2.52. The Hall–Kier alpha value is -2.24. The quantitative estimate of drug-likeness (QED) is 0.743. The number of amides is 1. The smallest absolute Gasteiger partial charge is 0.312 e. The lowest BCUT2D eigenvalue weighted by molar-refractivity contribution is -0.154. The molecule has 0 saturated heterocycles. The highest BCUT2D eigenvalue weighted by Gasteiger charge is 2.35. The van der Waals surface area contributed by atoms with Gasteiger partial charge in [0.25, 0.3) is 5.91 Å². The molecule has 1 atom stereocenters. The fourth-order valence-corrected chi connectivity index (χ4v) is 4.64. The second kappa shape index (κ2) is 8.63. The highest BCUT2D eigenvalue weighted by atomic mass is 32.1. The molecule has 0 bridgehead atoms. The van der Waals surface area contributed by atoms with Crippen LogP contribution in [0.2, 0.25) is 0 Å². The maximum atomic E-state index is 12.4. The molecule has 1 aliphatic rings. The van der Waals surface area contributed by atoms with Crippen molar-refractivity contribution in [3.63, 3.8) is 0 Å². The van der Waals surface area contributed by atoms with Gasteiger partial charge in [-0.15, -0.1) is 11.3 Å². The summed E-state index contributed by atoms with van der Waals surface area (Å²) in [5.74, 6) is -0.932. The van der Waals surface area contributed by atoms with Crippen molar-refractivity contribution < 1.29 is 14.3 Å². The zero-order valence-corrected chi connectivity index (χ0v) is 16.7. The first-order valence-electron chi connectivity index (χ1n) is 8.91. The molecule has 2 heterocycles. The number of nitriles is 1. The number of hydrogen-bond acceptors (Lipinski definition) is 7. The van der Waals surface area contributed by atoms with Gasteiger partial charge in [0.15, 0.2) is 6.10 Å². The third kappa shape index (κ3) is 4.93. The number of nitrogens with zero attached hydrogens (tertiary/aromatic N) is 2. The normalized spacial score (nSPS) is 16.9. The Balaban J connectivity index is 1.53. The van der Waals surface area contributed by atoms with Crippen molar-refractivity contribution in [1.29, 1.82) is 5.26 Å². The number of carbonyl (C=O) groups is 2. The summed E-state index contributed by atoms with van der Waals surface area (Å²) in [5, 5.41) is 18.9. The molecule has 1 aliphatic carbocycles.